The molecular formula is C15H17Cl2N3O2. The van der Waals surface area contributed by atoms with E-state index in [9.17, 15) is 4.79 Å². The van der Waals surface area contributed by atoms with Crippen molar-refractivity contribution in [2.45, 2.75) is 6.42 Å². The molecule has 1 aromatic carbocycles. The highest BCUT2D eigenvalue weighted by Crippen LogP contribution is 2.23. The second kappa shape index (κ2) is 7.63. The minimum atomic E-state index is -0.0873. The van der Waals surface area contributed by atoms with E-state index in [2.05, 4.69) is 10.5 Å². The Kier molecular flexibility index (Phi) is 5.83. The van der Waals surface area contributed by atoms with Gasteiger partial charge in [-0.25, -0.2) is 0 Å². The first-order valence-electron chi connectivity index (χ1n) is 6.97. The van der Waals surface area contributed by atoms with Gasteiger partial charge in [-0.05, 0) is 25.1 Å². The maximum absolute atomic E-state index is 12.4. The summed E-state index contributed by atoms with van der Waals surface area (Å²) < 4.78 is 5.28. The molecule has 1 aromatic heterocycles. The molecule has 1 aliphatic heterocycles. The number of rotatable bonds is 2. The SMILES string of the molecule is Cl.O=C(c1cc(-c2cccc(Cl)c2)on1)N1CCCNCC1. The Morgan fingerprint density at radius 2 is 2.14 bits per heavy atom. The predicted molar refractivity (Wildman–Crippen MR) is 87.6 cm³/mol. The topological polar surface area (TPSA) is 58.4 Å². The highest BCUT2D eigenvalue weighted by Gasteiger charge is 2.21. The van der Waals surface area contributed by atoms with Crippen LogP contribution in [-0.4, -0.2) is 42.1 Å². The van der Waals surface area contributed by atoms with Gasteiger partial charge in [0.25, 0.3) is 5.91 Å². The third-order valence-corrected chi connectivity index (χ3v) is 3.70. The Balaban J connectivity index is 0.00000176. The first-order chi connectivity index (χ1) is 10.2. The number of aromatic nitrogens is 1. The lowest BCUT2D eigenvalue weighted by molar-refractivity contribution is 0.0756. The summed E-state index contributed by atoms with van der Waals surface area (Å²) in [5.74, 6) is 0.463. The maximum Gasteiger partial charge on any atom is 0.276 e. The van der Waals surface area contributed by atoms with Crippen molar-refractivity contribution in [3.8, 4) is 11.3 Å². The summed E-state index contributed by atoms with van der Waals surface area (Å²) in [5, 5.41) is 7.79. The third-order valence-electron chi connectivity index (χ3n) is 3.47. The fourth-order valence-corrected chi connectivity index (χ4v) is 2.55. The van der Waals surface area contributed by atoms with E-state index in [-0.39, 0.29) is 18.3 Å². The van der Waals surface area contributed by atoms with Gasteiger partial charge in [0.2, 0.25) is 0 Å². The number of carbonyl (C=O) groups is 1. The molecule has 0 spiro atoms. The first kappa shape index (κ1) is 16.8. The van der Waals surface area contributed by atoms with E-state index in [1.54, 1.807) is 23.1 Å². The van der Waals surface area contributed by atoms with Gasteiger partial charge in [0.1, 0.15) is 0 Å². The lowest BCUT2D eigenvalue weighted by atomic mass is 10.1. The fourth-order valence-electron chi connectivity index (χ4n) is 2.36. The Morgan fingerprint density at radius 1 is 1.27 bits per heavy atom. The largest absolute Gasteiger partial charge is 0.355 e. The highest BCUT2D eigenvalue weighted by molar-refractivity contribution is 6.30. The van der Waals surface area contributed by atoms with Crippen molar-refractivity contribution < 1.29 is 9.32 Å². The molecule has 0 saturated carbocycles. The standard InChI is InChI=1S/C15H16ClN3O2.ClH/c16-12-4-1-3-11(9-12)14-10-13(18-21-14)15(20)19-7-2-5-17-6-8-19;/h1,3-4,9-10,17H,2,5-8H2;1H. The van der Waals surface area contributed by atoms with E-state index >= 15 is 0 Å². The van der Waals surface area contributed by atoms with Crippen molar-refractivity contribution in [3.63, 3.8) is 0 Å². The normalized spacial score (nSPS) is 15.0. The Morgan fingerprint density at radius 3 is 2.95 bits per heavy atom. The van der Waals surface area contributed by atoms with E-state index in [4.69, 9.17) is 16.1 Å². The number of carbonyl (C=O) groups excluding carboxylic acids is 1. The number of hydrogen-bond acceptors (Lipinski definition) is 4. The monoisotopic (exact) mass is 341 g/mol. The van der Waals surface area contributed by atoms with Gasteiger partial charge in [-0.2, -0.15) is 0 Å². The summed E-state index contributed by atoms with van der Waals surface area (Å²) in [6.07, 6.45) is 0.949. The molecule has 1 fully saturated rings. The van der Waals surface area contributed by atoms with Crippen LogP contribution in [0.15, 0.2) is 34.9 Å². The van der Waals surface area contributed by atoms with Crippen LogP contribution in [0.2, 0.25) is 5.02 Å². The van der Waals surface area contributed by atoms with E-state index in [1.165, 1.54) is 0 Å². The van der Waals surface area contributed by atoms with Crippen molar-refractivity contribution in [1.29, 1.82) is 0 Å². The molecule has 22 heavy (non-hydrogen) atoms. The van der Waals surface area contributed by atoms with Gasteiger partial charge in [0.05, 0.1) is 0 Å². The second-order valence-electron chi connectivity index (χ2n) is 4.98. The van der Waals surface area contributed by atoms with Gasteiger partial charge >= 0.3 is 0 Å². The molecule has 0 atom stereocenters. The molecule has 0 radical (unpaired) electrons. The zero-order valence-corrected chi connectivity index (χ0v) is 13.5. The second-order valence-corrected chi connectivity index (χ2v) is 5.42. The van der Waals surface area contributed by atoms with Gasteiger partial charge in [-0.1, -0.05) is 28.9 Å². The van der Waals surface area contributed by atoms with Gasteiger partial charge in [0.15, 0.2) is 11.5 Å². The van der Waals surface area contributed by atoms with E-state index in [0.717, 1.165) is 31.6 Å². The molecule has 2 aromatic rings. The molecule has 1 N–H and O–H groups in total. The van der Waals surface area contributed by atoms with Crippen LogP contribution in [0.4, 0.5) is 0 Å². The first-order valence-corrected chi connectivity index (χ1v) is 7.34. The zero-order valence-electron chi connectivity index (χ0n) is 11.9. The number of halogens is 2. The molecule has 7 heteroatoms. The molecule has 5 nitrogen and oxygen atoms in total. The molecule has 1 aliphatic rings. The van der Waals surface area contributed by atoms with Crippen LogP contribution in [0.5, 0.6) is 0 Å². The fraction of sp³-hybridized carbons (Fsp3) is 0.333. The van der Waals surface area contributed by atoms with Crippen LogP contribution in [0.25, 0.3) is 11.3 Å². The number of hydrogen-bond donors (Lipinski definition) is 1. The Bertz CT molecular complexity index is 637. The molecule has 2 heterocycles. The molecule has 0 aliphatic carbocycles. The van der Waals surface area contributed by atoms with Crippen LogP contribution >= 0.6 is 24.0 Å². The third kappa shape index (κ3) is 3.80. The highest BCUT2D eigenvalue weighted by atomic mass is 35.5. The van der Waals surface area contributed by atoms with Crippen molar-refractivity contribution in [2.75, 3.05) is 26.2 Å². The summed E-state index contributed by atoms with van der Waals surface area (Å²) >= 11 is 5.96. The van der Waals surface area contributed by atoms with Crippen LogP contribution in [0, 0.1) is 0 Å². The maximum atomic E-state index is 12.4. The summed E-state index contributed by atoms with van der Waals surface area (Å²) in [6.45, 7) is 3.19. The molecule has 0 unspecified atom stereocenters. The number of nitrogens with zero attached hydrogens (tertiary/aromatic N) is 2. The van der Waals surface area contributed by atoms with Gasteiger partial charge in [-0.3, -0.25) is 4.79 Å². The van der Waals surface area contributed by atoms with Gasteiger partial charge in [-0.15, -0.1) is 12.4 Å². The summed E-state index contributed by atoms with van der Waals surface area (Å²) in [7, 11) is 0. The molecule has 3 rings (SSSR count). The van der Waals surface area contributed by atoms with E-state index < -0.39 is 0 Å². The number of amides is 1. The Labute approximate surface area is 140 Å². The Hall–Kier alpha value is -1.56. The van der Waals surface area contributed by atoms with Crippen molar-refractivity contribution in [2.24, 2.45) is 0 Å². The minimum absolute atomic E-state index is 0. The average molecular weight is 342 g/mol. The quantitative estimate of drug-likeness (QED) is 0.912. The smallest absolute Gasteiger partial charge is 0.276 e. The summed E-state index contributed by atoms with van der Waals surface area (Å²) in [6, 6.07) is 8.95. The molecule has 1 saturated heterocycles. The summed E-state index contributed by atoms with van der Waals surface area (Å²) in [5.41, 5.74) is 1.15. The molecule has 1 amide bonds. The molecular weight excluding hydrogens is 325 g/mol. The predicted octanol–water partition coefficient (Wildman–Crippen LogP) is 2.85. The number of benzene rings is 1. The van der Waals surface area contributed by atoms with Gasteiger partial charge in [0, 0.05) is 36.3 Å². The molecule has 0 bridgehead atoms. The average Bonchev–Trinajstić information content (AvgIpc) is 2.82. The lowest BCUT2D eigenvalue weighted by Crippen LogP contribution is -2.34. The van der Waals surface area contributed by atoms with Crippen LogP contribution in [0.3, 0.4) is 0 Å². The zero-order chi connectivity index (χ0) is 14.7. The van der Waals surface area contributed by atoms with E-state index in [0.29, 0.717) is 23.0 Å². The number of nitrogens with one attached hydrogen (secondary N) is 1. The minimum Gasteiger partial charge on any atom is -0.355 e. The van der Waals surface area contributed by atoms with Gasteiger partial charge < -0.3 is 14.7 Å². The van der Waals surface area contributed by atoms with Crippen LogP contribution in [0.1, 0.15) is 16.9 Å². The summed E-state index contributed by atoms with van der Waals surface area (Å²) in [4.78, 5) is 14.2. The van der Waals surface area contributed by atoms with Crippen LogP contribution in [-0.2, 0) is 0 Å². The van der Waals surface area contributed by atoms with Crippen molar-refractivity contribution in [3.05, 3.63) is 41.0 Å². The van der Waals surface area contributed by atoms with E-state index in [1.807, 2.05) is 12.1 Å². The molecule has 118 valence electrons. The van der Waals surface area contributed by atoms with Crippen molar-refractivity contribution in [1.82, 2.24) is 15.4 Å². The lowest BCUT2D eigenvalue weighted by Gasteiger charge is -2.17. The van der Waals surface area contributed by atoms with Crippen LogP contribution < -0.4 is 5.32 Å². The van der Waals surface area contributed by atoms with Crippen molar-refractivity contribution >= 4 is 29.9 Å².